The maximum atomic E-state index is 11.5. The van der Waals surface area contributed by atoms with Gasteiger partial charge in [0.1, 0.15) is 0 Å². The molecule has 2 amide bonds. The van der Waals surface area contributed by atoms with Crippen molar-refractivity contribution in [3.63, 3.8) is 0 Å². The summed E-state index contributed by atoms with van der Waals surface area (Å²) in [4.78, 5) is 22.1. The summed E-state index contributed by atoms with van der Waals surface area (Å²) in [5.41, 5.74) is 7.13. The minimum Gasteiger partial charge on any atom is -0.274 e. The van der Waals surface area contributed by atoms with Crippen LogP contribution >= 0.6 is 0 Å². The van der Waals surface area contributed by atoms with Gasteiger partial charge in [0.2, 0.25) is 5.91 Å². The zero-order chi connectivity index (χ0) is 11.4. The minimum absolute atomic E-state index is 0.298. The van der Waals surface area contributed by atoms with Gasteiger partial charge in [0.15, 0.2) is 0 Å². The molecule has 4 nitrogen and oxygen atoms in total. The maximum Gasteiger partial charge on any atom is 0.269 e. The zero-order valence-corrected chi connectivity index (χ0v) is 9.05. The first-order valence-corrected chi connectivity index (χ1v) is 4.64. The van der Waals surface area contributed by atoms with Crippen molar-refractivity contribution >= 4 is 11.8 Å². The minimum atomic E-state index is -0.308. The lowest BCUT2D eigenvalue weighted by Gasteiger charge is -2.06. The molecule has 80 valence electrons. The lowest BCUT2D eigenvalue weighted by molar-refractivity contribution is -0.119. The van der Waals surface area contributed by atoms with E-state index in [4.69, 9.17) is 0 Å². The first kappa shape index (κ1) is 11.2. The molecule has 0 aliphatic heterocycles. The third-order valence-electron chi connectivity index (χ3n) is 1.84. The van der Waals surface area contributed by atoms with Gasteiger partial charge in [-0.3, -0.25) is 20.4 Å². The molecular formula is C11H14N2O2. The van der Waals surface area contributed by atoms with E-state index in [1.165, 1.54) is 6.92 Å². The predicted octanol–water partition coefficient (Wildman–Crippen LogP) is 1.08. The van der Waals surface area contributed by atoms with Crippen LogP contribution in [0.4, 0.5) is 0 Å². The summed E-state index contributed by atoms with van der Waals surface area (Å²) in [6.07, 6.45) is 0. The van der Waals surface area contributed by atoms with Crippen molar-refractivity contribution in [2.45, 2.75) is 20.8 Å². The highest BCUT2D eigenvalue weighted by atomic mass is 16.2. The van der Waals surface area contributed by atoms with Crippen molar-refractivity contribution in [2.75, 3.05) is 0 Å². The highest BCUT2D eigenvalue weighted by molar-refractivity contribution is 5.95. The highest BCUT2D eigenvalue weighted by Gasteiger charge is 2.06. The summed E-state index contributed by atoms with van der Waals surface area (Å²) < 4.78 is 0. The largest absolute Gasteiger partial charge is 0.274 e. The smallest absolute Gasteiger partial charge is 0.269 e. The molecule has 0 heterocycles. The Morgan fingerprint density at radius 2 is 1.53 bits per heavy atom. The molecule has 0 fully saturated rings. The molecule has 0 atom stereocenters. The van der Waals surface area contributed by atoms with Gasteiger partial charge in [-0.15, -0.1) is 0 Å². The Hall–Kier alpha value is -1.84. The fraction of sp³-hybridized carbons (Fsp3) is 0.273. The summed E-state index contributed by atoms with van der Waals surface area (Å²) in [5.74, 6) is -0.607. The molecule has 0 saturated heterocycles. The molecule has 1 aromatic carbocycles. The molecule has 1 aromatic rings. The van der Waals surface area contributed by atoms with E-state index < -0.39 is 0 Å². The van der Waals surface area contributed by atoms with E-state index in [1.54, 1.807) is 12.1 Å². The molecule has 0 aromatic heterocycles. The van der Waals surface area contributed by atoms with Crippen molar-refractivity contribution in [3.05, 3.63) is 34.9 Å². The molecule has 0 spiro atoms. The van der Waals surface area contributed by atoms with Gasteiger partial charge in [0.05, 0.1) is 0 Å². The second-order valence-electron chi connectivity index (χ2n) is 3.51. The monoisotopic (exact) mass is 206 g/mol. The second kappa shape index (κ2) is 4.59. The molecule has 0 aliphatic carbocycles. The van der Waals surface area contributed by atoms with Gasteiger partial charge in [-0.25, -0.2) is 0 Å². The Morgan fingerprint density at radius 3 is 2.00 bits per heavy atom. The van der Waals surface area contributed by atoms with Gasteiger partial charge in [0.25, 0.3) is 5.91 Å². The molecular weight excluding hydrogens is 192 g/mol. The first-order chi connectivity index (χ1) is 6.99. The lowest BCUT2D eigenvalue weighted by atomic mass is 10.1. The molecule has 2 N–H and O–H groups in total. The Kier molecular flexibility index (Phi) is 3.44. The fourth-order valence-electron chi connectivity index (χ4n) is 1.32. The lowest BCUT2D eigenvalue weighted by Crippen LogP contribution is -2.40. The number of nitrogens with one attached hydrogen (secondary N) is 2. The molecule has 0 aliphatic rings. The summed E-state index contributed by atoms with van der Waals surface area (Å²) in [5, 5.41) is 0. The standard InChI is InChI=1S/C11H14N2O2/c1-7-4-8(2)6-10(5-7)11(15)13-12-9(3)14/h4-6H,1-3H3,(H,12,14)(H,13,15). The molecule has 0 saturated carbocycles. The number of rotatable bonds is 1. The summed E-state index contributed by atoms with van der Waals surface area (Å²) >= 11 is 0. The second-order valence-corrected chi connectivity index (χ2v) is 3.51. The summed E-state index contributed by atoms with van der Waals surface area (Å²) in [7, 11) is 0. The molecule has 4 heteroatoms. The molecule has 0 radical (unpaired) electrons. The third kappa shape index (κ3) is 3.42. The van der Waals surface area contributed by atoms with Gasteiger partial charge < -0.3 is 0 Å². The van der Waals surface area contributed by atoms with E-state index in [9.17, 15) is 9.59 Å². The van der Waals surface area contributed by atoms with Crippen LogP contribution in [-0.4, -0.2) is 11.8 Å². The van der Waals surface area contributed by atoms with Crippen molar-refractivity contribution in [1.29, 1.82) is 0 Å². The molecule has 0 bridgehead atoms. The maximum absolute atomic E-state index is 11.5. The highest BCUT2D eigenvalue weighted by Crippen LogP contribution is 2.08. The summed E-state index contributed by atoms with van der Waals surface area (Å²) in [6.45, 7) is 5.17. The van der Waals surface area contributed by atoms with Crippen molar-refractivity contribution in [1.82, 2.24) is 10.9 Å². The van der Waals surface area contributed by atoms with Gasteiger partial charge >= 0.3 is 0 Å². The zero-order valence-electron chi connectivity index (χ0n) is 9.05. The Balaban J connectivity index is 2.77. The molecule has 0 unspecified atom stereocenters. The number of hydrogen-bond donors (Lipinski definition) is 2. The van der Waals surface area contributed by atoms with E-state index in [-0.39, 0.29) is 11.8 Å². The number of benzene rings is 1. The molecule has 15 heavy (non-hydrogen) atoms. The van der Waals surface area contributed by atoms with Gasteiger partial charge in [-0.1, -0.05) is 17.2 Å². The van der Waals surface area contributed by atoms with Crippen LogP contribution in [0.1, 0.15) is 28.4 Å². The van der Waals surface area contributed by atoms with Crippen LogP contribution in [0.3, 0.4) is 0 Å². The van der Waals surface area contributed by atoms with Crippen LogP contribution in [0, 0.1) is 13.8 Å². The van der Waals surface area contributed by atoms with Gasteiger partial charge in [-0.05, 0) is 26.0 Å². The number of aryl methyl sites for hydroxylation is 2. The molecule has 1 rings (SSSR count). The Labute approximate surface area is 88.6 Å². The number of hydrazine groups is 1. The van der Waals surface area contributed by atoms with Crippen molar-refractivity contribution in [3.8, 4) is 0 Å². The quantitative estimate of drug-likeness (QED) is 0.675. The number of carbonyl (C=O) groups excluding carboxylic acids is 2. The van der Waals surface area contributed by atoms with E-state index >= 15 is 0 Å². The van der Waals surface area contributed by atoms with E-state index in [2.05, 4.69) is 10.9 Å². The van der Waals surface area contributed by atoms with Crippen LogP contribution in [0.5, 0.6) is 0 Å². The van der Waals surface area contributed by atoms with Crippen molar-refractivity contribution < 1.29 is 9.59 Å². The Bertz CT molecular complexity index is 379. The van der Waals surface area contributed by atoms with Crippen LogP contribution in [0.2, 0.25) is 0 Å². The van der Waals surface area contributed by atoms with Crippen molar-refractivity contribution in [2.24, 2.45) is 0 Å². The van der Waals surface area contributed by atoms with Crippen LogP contribution in [-0.2, 0) is 4.79 Å². The average Bonchev–Trinajstić information content (AvgIpc) is 2.12. The van der Waals surface area contributed by atoms with Gasteiger partial charge in [-0.2, -0.15) is 0 Å². The fourth-order valence-corrected chi connectivity index (χ4v) is 1.32. The van der Waals surface area contributed by atoms with Crippen LogP contribution < -0.4 is 10.9 Å². The average molecular weight is 206 g/mol. The van der Waals surface area contributed by atoms with Crippen LogP contribution in [0.15, 0.2) is 18.2 Å². The number of amides is 2. The SMILES string of the molecule is CC(=O)NNC(=O)c1cc(C)cc(C)c1. The topological polar surface area (TPSA) is 58.2 Å². The van der Waals surface area contributed by atoms with Gasteiger partial charge in [0, 0.05) is 12.5 Å². The van der Waals surface area contributed by atoms with E-state index in [1.807, 2.05) is 19.9 Å². The first-order valence-electron chi connectivity index (χ1n) is 4.64. The Morgan fingerprint density at radius 1 is 1.00 bits per heavy atom. The third-order valence-corrected chi connectivity index (χ3v) is 1.84. The van der Waals surface area contributed by atoms with E-state index in [0.29, 0.717) is 5.56 Å². The number of carbonyl (C=O) groups is 2. The van der Waals surface area contributed by atoms with E-state index in [0.717, 1.165) is 11.1 Å². The predicted molar refractivity (Wildman–Crippen MR) is 57.2 cm³/mol. The summed E-state index contributed by atoms with van der Waals surface area (Å²) in [6, 6.07) is 5.52. The number of hydrogen-bond acceptors (Lipinski definition) is 2. The normalized spacial score (nSPS) is 9.53. The van der Waals surface area contributed by atoms with Crippen LogP contribution in [0.25, 0.3) is 0 Å².